The summed E-state index contributed by atoms with van der Waals surface area (Å²) in [6, 6.07) is 0. The third kappa shape index (κ3) is 3.72. The molecule has 1 heterocycles. The molecule has 1 aliphatic heterocycles. The maximum atomic E-state index is 10.4. The van der Waals surface area contributed by atoms with E-state index in [4.69, 9.17) is 19.7 Å². The first-order valence-corrected chi connectivity index (χ1v) is 4.94. The molecule has 0 saturated carbocycles. The molecule has 0 aromatic rings. The summed E-state index contributed by atoms with van der Waals surface area (Å²) in [4.78, 5) is 20.7. The SMILES string of the molecule is O=C[C@H](O)[C@@H](O)[C@@H]1OC(CC(=O)O)OC[C@H]1O. The number of rotatable bonds is 5. The largest absolute Gasteiger partial charge is 0.481 e. The zero-order valence-corrected chi connectivity index (χ0v) is 8.80. The van der Waals surface area contributed by atoms with E-state index in [1.165, 1.54) is 0 Å². The van der Waals surface area contributed by atoms with Crippen molar-refractivity contribution in [2.45, 2.75) is 37.1 Å². The van der Waals surface area contributed by atoms with Crippen LogP contribution < -0.4 is 0 Å². The van der Waals surface area contributed by atoms with Crippen molar-refractivity contribution >= 4 is 12.3 Å². The van der Waals surface area contributed by atoms with E-state index >= 15 is 0 Å². The molecule has 8 nitrogen and oxygen atoms in total. The van der Waals surface area contributed by atoms with Crippen LogP contribution in [0.25, 0.3) is 0 Å². The smallest absolute Gasteiger partial charge is 0.308 e. The van der Waals surface area contributed by atoms with Crippen LogP contribution in [0.4, 0.5) is 0 Å². The number of hydrogen-bond acceptors (Lipinski definition) is 7. The number of aliphatic hydroxyl groups excluding tert-OH is 3. The van der Waals surface area contributed by atoms with Crippen molar-refractivity contribution in [3.63, 3.8) is 0 Å². The molecule has 1 unspecified atom stereocenters. The van der Waals surface area contributed by atoms with Crippen molar-refractivity contribution in [3.8, 4) is 0 Å². The van der Waals surface area contributed by atoms with Gasteiger partial charge >= 0.3 is 5.97 Å². The van der Waals surface area contributed by atoms with Crippen LogP contribution in [0.2, 0.25) is 0 Å². The highest BCUT2D eigenvalue weighted by molar-refractivity contribution is 5.67. The van der Waals surface area contributed by atoms with Crippen LogP contribution in [0, 0.1) is 0 Å². The molecule has 0 bridgehead atoms. The van der Waals surface area contributed by atoms with Crippen molar-refractivity contribution in [1.82, 2.24) is 0 Å². The molecule has 1 rings (SSSR count). The second kappa shape index (κ2) is 6.03. The number of aliphatic hydroxyl groups is 3. The van der Waals surface area contributed by atoms with Crippen LogP contribution >= 0.6 is 0 Å². The van der Waals surface area contributed by atoms with E-state index in [1.54, 1.807) is 0 Å². The summed E-state index contributed by atoms with van der Waals surface area (Å²) >= 11 is 0. The molecule has 1 fully saturated rings. The Morgan fingerprint density at radius 1 is 1.47 bits per heavy atom. The van der Waals surface area contributed by atoms with Crippen molar-refractivity contribution < 1.29 is 39.5 Å². The summed E-state index contributed by atoms with van der Waals surface area (Å²) in [5.41, 5.74) is 0. The maximum absolute atomic E-state index is 10.4. The fourth-order valence-electron chi connectivity index (χ4n) is 1.44. The van der Waals surface area contributed by atoms with E-state index in [0.717, 1.165) is 0 Å². The predicted molar refractivity (Wildman–Crippen MR) is 51.0 cm³/mol. The molecular weight excluding hydrogens is 236 g/mol. The number of ether oxygens (including phenoxy) is 2. The number of aliphatic carboxylic acids is 1. The van der Waals surface area contributed by atoms with E-state index in [9.17, 15) is 19.8 Å². The first-order valence-electron chi connectivity index (χ1n) is 4.94. The van der Waals surface area contributed by atoms with Crippen LogP contribution in [0.15, 0.2) is 0 Å². The number of aldehydes is 1. The second-order valence-corrected chi connectivity index (χ2v) is 3.65. The Hall–Kier alpha value is -1.06. The van der Waals surface area contributed by atoms with Crippen LogP contribution in [0.5, 0.6) is 0 Å². The van der Waals surface area contributed by atoms with Crippen LogP contribution in [-0.2, 0) is 19.1 Å². The molecule has 0 spiro atoms. The third-order valence-corrected chi connectivity index (χ3v) is 2.31. The third-order valence-electron chi connectivity index (χ3n) is 2.31. The molecule has 0 aromatic heterocycles. The Balaban J connectivity index is 2.62. The molecule has 0 aliphatic carbocycles. The molecule has 4 N–H and O–H groups in total. The molecule has 1 saturated heterocycles. The van der Waals surface area contributed by atoms with Gasteiger partial charge in [0.15, 0.2) is 12.6 Å². The Bertz CT molecular complexity index is 280. The summed E-state index contributed by atoms with van der Waals surface area (Å²) in [7, 11) is 0. The Morgan fingerprint density at radius 2 is 2.12 bits per heavy atom. The van der Waals surface area contributed by atoms with E-state index in [-0.39, 0.29) is 12.9 Å². The van der Waals surface area contributed by atoms with Gasteiger partial charge in [0.1, 0.15) is 24.4 Å². The van der Waals surface area contributed by atoms with E-state index in [1.807, 2.05) is 0 Å². The fraction of sp³-hybridized carbons (Fsp3) is 0.778. The molecule has 0 radical (unpaired) electrons. The van der Waals surface area contributed by atoms with Gasteiger partial charge in [0.2, 0.25) is 0 Å². The van der Waals surface area contributed by atoms with E-state index < -0.39 is 43.1 Å². The lowest BCUT2D eigenvalue weighted by Crippen LogP contribution is -2.53. The van der Waals surface area contributed by atoms with Gasteiger partial charge < -0.3 is 34.7 Å². The summed E-state index contributed by atoms with van der Waals surface area (Å²) in [6.45, 7) is -0.245. The highest BCUT2D eigenvalue weighted by Crippen LogP contribution is 2.19. The van der Waals surface area contributed by atoms with E-state index in [2.05, 4.69) is 0 Å². The molecule has 1 aliphatic rings. The zero-order chi connectivity index (χ0) is 13.0. The number of hydrogen-bond donors (Lipinski definition) is 4. The predicted octanol–water partition coefficient (Wildman–Crippen LogP) is -2.52. The lowest BCUT2D eigenvalue weighted by Gasteiger charge is -2.36. The number of carbonyl (C=O) groups is 2. The van der Waals surface area contributed by atoms with Gasteiger partial charge in [-0.25, -0.2) is 0 Å². The number of carboxylic acid groups (broad SMARTS) is 1. The van der Waals surface area contributed by atoms with Gasteiger partial charge in [-0.3, -0.25) is 4.79 Å². The molecule has 8 heteroatoms. The lowest BCUT2D eigenvalue weighted by molar-refractivity contribution is -0.277. The van der Waals surface area contributed by atoms with Gasteiger partial charge in [-0.1, -0.05) is 0 Å². The van der Waals surface area contributed by atoms with Gasteiger partial charge in [-0.2, -0.15) is 0 Å². The monoisotopic (exact) mass is 250 g/mol. The minimum Gasteiger partial charge on any atom is -0.481 e. The van der Waals surface area contributed by atoms with Gasteiger partial charge in [0.25, 0.3) is 0 Å². The average Bonchev–Trinajstić information content (AvgIpc) is 2.29. The van der Waals surface area contributed by atoms with Crippen LogP contribution in [-0.4, -0.2) is 70.0 Å². The lowest BCUT2D eigenvalue weighted by atomic mass is 10.0. The quantitative estimate of drug-likeness (QED) is 0.393. The summed E-state index contributed by atoms with van der Waals surface area (Å²) in [5.74, 6) is -1.17. The second-order valence-electron chi connectivity index (χ2n) is 3.65. The molecule has 0 amide bonds. The first kappa shape index (κ1) is 14.0. The Kier molecular flexibility index (Phi) is 4.97. The minimum absolute atomic E-state index is 0.0996. The van der Waals surface area contributed by atoms with Gasteiger partial charge in [-0.15, -0.1) is 0 Å². The van der Waals surface area contributed by atoms with Crippen molar-refractivity contribution in [3.05, 3.63) is 0 Å². The highest BCUT2D eigenvalue weighted by Gasteiger charge is 2.39. The van der Waals surface area contributed by atoms with Gasteiger partial charge in [0, 0.05) is 0 Å². The Morgan fingerprint density at radius 3 is 2.65 bits per heavy atom. The Labute approximate surface area is 96.4 Å². The first-order chi connectivity index (χ1) is 7.95. The molecule has 0 aromatic carbocycles. The zero-order valence-electron chi connectivity index (χ0n) is 8.80. The highest BCUT2D eigenvalue weighted by atomic mass is 16.7. The number of carboxylic acids is 1. The standard InChI is InChI=1S/C9H14O8/c10-2-4(11)8(15)9-5(12)3-16-7(17-9)1-6(13)14/h2,4-5,7-9,11-12,15H,1,3H2,(H,13,14)/t4-,5+,7?,8+,9+/m0/s1. The summed E-state index contributed by atoms with van der Waals surface area (Å²) < 4.78 is 9.83. The maximum Gasteiger partial charge on any atom is 0.308 e. The molecule has 17 heavy (non-hydrogen) atoms. The fourth-order valence-corrected chi connectivity index (χ4v) is 1.44. The van der Waals surface area contributed by atoms with Crippen LogP contribution in [0.3, 0.4) is 0 Å². The van der Waals surface area contributed by atoms with Crippen molar-refractivity contribution in [2.24, 2.45) is 0 Å². The summed E-state index contributed by atoms with van der Waals surface area (Å²) in [5, 5.41) is 36.6. The minimum atomic E-state index is -1.71. The van der Waals surface area contributed by atoms with Crippen LogP contribution in [0.1, 0.15) is 6.42 Å². The molecule has 98 valence electrons. The number of carbonyl (C=O) groups excluding carboxylic acids is 1. The molecule has 5 atom stereocenters. The normalized spacial score (nSPS) is 32.8. The molecular formula is C9H14O8. The average molecular weight is 250 g/mol. The van der Waals surface area contributed by atoms with Gasteiger partial charge in [-0.05, 0) is 0 Å². The van der Waals surface area contributed by atoms with Gasteiger partial charge in [0.05, 0.1) is 13.0 Å². The van der Waals surface area contributed by atoms with Crippen molar-refractivity contribution in [1.29, 1.82) is 0 Å². The van der Waals surface area contributed by atoms with E-state index in [0.29, 0.717) is 0 Å². The topological polar surface area (TPSA) is 134 Å². The van der Waals surface area contributed by atoms with Crippen molar-refractivity contribution in [2.75, 3.05) is 6.61 Å². The summed E-state index contributed by atoms with van der Waals surface area (Å²) in [6.07, 6.45) is -7.36.